The van der Waals surface area contributed by atoms with Crippen molar-refractivity contribution < 1.29 is 29.0 Å². The molecule has 7 nitrogen and oxygen atoms in total. The minimum Gasteiger partial charge on any atom is -0.481 e. The van der Waals surface area contributed by atoms with Gasteiger partial charge >= 0.3 is 18.0 Å². The number of carboxylic acid groups (broad SMARTS) is 1. The Kier molecular flexibility index (Phi) is 7.23. The third-order valence-electron chi connectivity index (χ3n) is 2.89. The lowest BCUT2D eigenvalue weighted by atomic mass is 10.1. The van der Waals surface area contributed by atoms with E-state index in [1.807, 2.05) is 18.2 Å². The number of hydrogen-bond donors (Lipinski definition) is 2. The van der Waals surface area contributed by atoms with Crippen LogP contribution in [0.4, 0.5) is 4.79 Å². The Morgan fingerprint density at radius 1 is 1.17 bits per heavy atom. The molecule has 0 saturated heterocycles. The van der Waals surface area contributed by atoms with Gasteiger partial charge in [-0.25, -0.2) is 4.79 Å². The van der Waals surface area contributed by atoms with Crippen molar-refractivity contribution in [3.05, 3.63) is 35.9 Å². The van der Waals surface area contributed by atoms with Gasteiger partial charge in [0.25, 0.3) is 0 Å². The van der Waals surface area contributed by atoms with Gasteiger partial charge in [0.15, 0.2) is 0 Å². The van der Waals surface area contributed by atoms with Crippen LogP contribution in [0.25, 0.3) is 0 Å². The molecule has 0 aliphatic heterocycles. The molecule has 1 rings (SSSR count). The van der Waals surface area contributed by atoms with Crippen LogP contribution in [0.3, 0.4) is 0 Å². The summed E-state index contributed by atoms with van der Waals surface area (Å²) in [4.78, 5) is 34.5. The lowest BCUT2D eigenvalue weighted by Gasteiger charge is -2.21. The molecule has 0 bridgehead atoms. The van der Waals surface area contributed by atoms with Gasteiger partial charge in [-0.15, -0.1) is 0 Å². The number of alkyl carbamates (subject to hydrolysis) is 1. The predicted molar refractivity (Wildman–Crippen MR) is 86.2 cm³/mol. The molecule has 7 heteroatoms. The van der Waals surface area contributed by atoms with Gasteiger partial charge in [0.2, 0.25) is 0 Å². The molecule has 1 aromatic carbocycles. The highest BCUT2D eigenvalue weighted by Crippen LogP contribution is 2.12. The topological polar surface area (TPSA) is 102 Å². The molecule has 1 aromatic rings. The molecular weight excluding hydrogens is 314 g/mol. The van der Waals surface area contributed by atoms with E-state index in [4.69, 9.17) is 14.6 Å². The van der Waals surface area contributed by atoms with E-state index in [-0.39, 0.29) is 19.6 Å². The van der Waals surface area contributed by atoms with E-state index in [9.17, 15) is 14.4 Å². The van der Waals surface area contributed by atoms with Crippen LogP contribution in [0, 0.1) is 5.92 Å². The van der Waals surface area contributed by atoms with E-state index in [0.717, 1.165) is 5.56 Å². The number of esters is 1. The maximum atomic E-state index is 11.7. The molecule has 0 heterocycles. The first-order valence-corrected chi connectivity index (χ1v) is 7.56. The maximum absolute atomic E-state index is 11.7. The van der Waals surface area contributed by atoms with Gasteiger partial charge in [-0.3, -0.25) is 9.59 Å². The number of carbonyl (C=O) groups excluding carboxylic acids is 2. The number of amides is 1. The Morgan fingerprint density at radius 2 is 1.79 bits per heavy atom. The molecule has 2 N–H and O–H groups in total. The monoisotopic (exact) mass is 337 g/mol. The number of ether oxygens (including phenoxy) is 2. The van der Waals surface area contributed by atoms with Crippen LogP contribution in [0.1, 0.15) is 32.8 Å². The fourth-order valence-electron chi connectivity index (χ4n) is 1.81. The van der Waals surface area contributed by atoms with Crippen molar-refractivity contribution in [1.29, 1.82) is 0 Å². The fourth-order valence-corrected chi connectivity index (χ4v) is 1.81. The Bertz CT molecular complexity index is 564. The summed E-state index contributed by atoms with van der Waals surface area (Å²) >= 11 is 0. The normalized spacial score (nSPS) is 12.1. The van der Waals surface area contributed by atoms with E-state index in [1.54, 1.807) is 32.9 Å². The summed E-state index contributed by atoms with van der Waals surface area (Å²) in [6.07, 6.45) is -1.07. The SMILES string of the molecule is CC(C)(C)OC(=O)CC(CNC(=O)OCc1ccccc1)C(=O)O. The van der Waals surface area contributed by atoms with Gasteiger partial charge in [-0.1, -0.05) is 30.3 Å². The number of nitrogens with one attached hydrogen (secondary N) is 1. The molecule has 1 amide bonds. The van der Waals surface area contributed by atoms with Crippen molar-refractivity contribution in [2.75, 3.05) is 6.54 Å². The van der Waals surface area contributed by atoms with Crippen molar-refractivity contribution >= 4 is 18.0 Å². The Hall–Kier alpha value is -2.57. The second-order valence-electron chi connectivity index (χ2n) is 6.27. The van der Waals surface area contributed by atoms with Crippen LogP contribution in [-0.4, -0.2) is 35.3 Å². The Labute approximate surface area is 141 Å². The average molecular weight is 337 g/mol. The Morgan fingerprint density at radius 3 is 2.33 bits per heavy atom. The molecule has 132 valence electrons. The zero-order valence-corrected chi connectivity index (χ0v) is 14.1. The first-order valence-electron chi connectivity index (χ1n) is 7.56. The van der Waals surface area contributed by atoms with Gasteiger partial charge in [0, 0.05) is 6.54 Å². The third kappa shape index (κ3) is 8.17. The average Bonchev–Trinajstić information content (AvgIpc) is 2.48. The van der Waals surface area contributed by atoms with Gasteiger partial charge in [-0.2, -0.15) is 0 Å². The van der Waals surface area contributed by atoms with Crippen LogP contribution in [0.2, 0.25) is 0 Å². The van der Waals surface area contributed by atoms with Crippen molar-refractivity contribution in [2.24, 2.45) is 5.92 Å². The van der Waals surface area contributed by atoms with Crippen LogP contribution in [-0.2, 0) is 25.7 Å². The molecular formula is C17H23NO6. The quantitative estimate of drug-likeness (QED) is 0.741. The number of hydrogen-bond acceptors (Lipinski definition) is 5. The second-order valence-corrected chi connectivity index (χ2v) is 6.27. The lowest BCUT2D eigenvalue weighted by molar-refractivity contribution is -0.159. The summed E-state index contributed by atoms with van der Waals surface area (Å²) in [5.41, 5.74) is 0.124. The van der Waals surface area contributed by atoms with Crippen molar-refractivity contribution in [3.63, 3.8) is 0 Å². The fraction of sp³-hybridized carbons (Fsp3) is 0.471. The Balaban J connectivity index is 2.41. The summed E-state index contributed by atoms with van der Waals surface area (Å²) in [5, 5.41) is 11.5. The highest BCUT2D eigenvalue weighted by Gasteiger charge is 2.25. The summed E-state index contributed by atoms with van der Waals surface area (Å²) < 4.78 is 10.1. The zero-order chi connectivity index (χ0) is 18.2. The highest BCUT2D eigenvalue weighted by molar-refractivity contribution is 5.79. The number of carbonyl (C=O) groups is 3. The largest absolute Gasteiger partial charge is 0.481 e. The highest BCUT2D eigenvalue weighted by atomic mass is 16.6. The summed E-state index contributed by atoms with van der Waals surface area (Å²) in [7, 11) is 0. The summed E-state index contributed by atoms with van der Waals surface area (Å²) in [6.45, 7) is 4.94. The van der Waals surface area contributed by atoms with Gasteiger partial charge in [0.05, 0.1) is 12.3 Å². The van der Waals surface area contributed by atoms with E-state index in [0.29, 0.717) is 0 Å². The molecule has 24 heavy (non-hydrogen) atoms. The van der Waals surface area contributed by atoms with Crippen molar-refractivity contribution in [1.82, 2.24) is 5.32 Å². The number of benzene rings is 1. The molecule has 0 aromatic heterocycles. The van der Waals surface area contributed by atoms with Crippen LogP contribution < -0.4 is 5.32 Å². The first kappa shape index (κ1) is 19.5. The molecule has 0 saturated carbocycles. The smallest absolute Gasteiger partial charge is 0.407 e. The van der Waals surface area contributed by atoms with Crippen molar-refractivity contribution in [3.8, 4) is 0 Å². The van der Waals surface area contributed by atoms with Crippen LogP contribution in [0.5, 0.6) is 0 Å². The molecule has 0 fully saturated rings. The van der Waals surface area contributed by atoms with E-state index in [2.05, 4.69) is 5.32 Å². The number of carboxylic acids is 1. The number of aliphatic carboxylic acids is 1. The minimum absolute atomic E-state index is 0.0798. The van der Waals surface area contributed by atoms with E-state index < -0.39 is 29.6 Å². The van der Waals surface area contributed by atoms with Crippen molar-refractivity contribution in [2.45, 2.75) is 39.4 Å². The van der Waals surface area contributed by atoms with Gasteiger partial charge in [0.1, 0.15) is 12.2 Å². The molecule has 0 radical (unpaired) electrons. The molecule has 0 aliphatic carbocycles. The molecule has 0 spiro atoms. The summed E-state index contributed by atoms with van der Waals surface area (Å²) in [6, 6.07) is 9.08. The summed E-state index contributed by atoms with van der Waals surface area (Å²) in [5.74, 6) is -2.90. The third-order valence-corrected chi connectivity index (χ3v) is 2.89. The minimum atomic E-state index is -1.19. The van der Waals surface area contributed by atoms with E-state index >= 15 is 0 Å². The maximum Gasteiger partial charge on any atom is 0.407 e. The number of rotatable bonds is 7. The van der Waals surface area contributed by atoms with Gasteiger partial charge in [-0.05, 0) is 26.3 Å². The van der Waals surface area contributed by atoms with Gasteiger partial charge < -0.3 is 19.9 Å². The van der Waals surface area contributed by atoms with Crippen LogP contribution >= 0.6 is 0 Å². The zero-order valence-electron chi connectivity index (χ0n) is 14.1. The second kappa shape index (κ2) is 8.90. The first-order chi connectivity index (χ1) is 11.2. The molecule has 1 atom stereocenters. The predicted octanol–water partition coefficient (Wildman–Crippen LogP) is 2.35. The molecule has 1 unspecified atom stereocenters. The van der Waals surface area contributed by atoms with Crippen LogP contribution in [0.15, 0.2) is 30.3 Å². The standard InChI is InChI=1S/C17H23NO6/c1-17(2,3)24-14(19)9-13(15(20)21)10-18-16(22)23-11-12-7-5-4-6-8-12/h4-8,13H,9-11H2,1-3H3,(H,18,22)(H,20,21). The lowest BCUT2D eigenvalue weighted by Crippen LogP contribution is -2.35. The van der Waals surface area contributed by atoms with E-state index in [1.165, 1.54) is 0 Å². The molecule has 0 aliphatic rings.